The number of anilines is 2. The SMILES string of the molecule is CC[C@@H](C)c1ccccc1NC(=S)NC(=O)c1ccc(N2CCCC2)c([N+](=O)[O-])c1. The molecule has 1 aliphatic heterocycles. The first-order chi connectivity index (χ1) is 14.4. The van der Waals surface area contributed by atoms with E-state index in [9.17, 15) is 14.9 Å². The highest BCUT2D eigenvalue weighted by atomic mass is 32.1. The number of benzene rings is 2. The molecule has 1 heterocycles. The van der Waals surface area contributed by atoms with Crippen LogP contribution in [0.25, 0.3) is 0 Å². The third-order valence-corrected chi connectivity index (χ3v) is 5.66. The highest BCUT2D eigenvalue weighted by Gasteiger charge is 2.24. The molecule has 0 aromatic heterocycles. The Morgan fingerprint density at radius 3 is 2.60 bits per heavy atom. The van der Waals surface area contributed by atoms with Crippen molar-refractivity contribution in [2.24, 2.45) is 0 Å². The molecule has 2 aromatic carbocycles. The number of para-hydroxylation sites is 1. The van der Waals surface area contributed by atoms with Crippen LogP contribution in [0.5, 0.6) is 0 Å². The molecule has 0 spiro atoms. The van der Waals surface area contributed by atoms with E-state index in [2.05, 4.69) is 24.5 Å². The standard InChI is InChI=1S/C22H26N4O3S/c1-3-15(2)17-8-4-5-9-18(17)23-22(30)24-21(27)16-10-11-19(20(14-16)26(28)29)25-12-6-7-13-25/h4-5,8-11,14-15H,3,6-7,12-13H2,1-2H3,(H2,23,24,27,30)/t15-/m1/s1. The first kappa shape index (κ1) is 21.7. The molecule has 0 bridgehead atoms. The van der Waals surface area contributed by atoms with E-state index in [1.807, 2.05) is 29.2 Å². The molecule has 8 heteroatoms. The highest BCUT2D eigenvalue weighted by Crippen LogP contribution is 2.31. The van der Waals surface area contributed by atoms with Crippen LogP contribution in [0.2, 0.25) is 0 Å². The maximum Gasteiger partial charge on any atom is 0.293 e. The molecule has 2 N–H and O–H groups in total. The van der Waals surface area contributed by atoms with Crippen LogP contribution in [0.15, 0.2) is 42.5 Å². The monoisotopic (exact) mass is 426 g/mol. The molecule has 0 aliphatic carbocycles. The van der Waals surface area contributed by atoms with Gasteiger partial charge in [-0.3, -0.25) is 20.2 Å². The summed E-state index contributed by atoms with van der Waals surface area (Å²) >= 11 is 5.31. The molecule has 0 saturated carbocycles. The molecule has 0 radical (unpaired) electrons. The molecule has 30 heavy (non-hydrogen) atoms. The Morgan fingerprint density at radius 2 is 1.93 bits per heavy atom. The number of nitrogens with one attached hydrogen (secondary N) is 2. The molecule has 2 aromatic rings. The van der Waals surface area contributed by atoms with Crippen molar-refractivity contribution in [3.05, 3.63) is 63.7 Å². The summed E-state index contributed by atoms with van der Waals surface area (Å²) in [6.45, 7) is 5.81. The topological polar surface area (TPSA) is 87.5 Å². The Hall–Kier alpha value is -3.00. The van der Waals surface area contributed by atoms with Crippen LogP contribution in [-0.2, 0) is 0 Å². The van der Waals surface area contributed by atoms with Crippen LogP contribution in [-0.4, -0.2) is 29.0 Å². The molecule has 1 amide bonds. The number of nitro groups is 1. The molecular formula is C22H26N4O3S. The van der Waals surface area contributed by atoms with Gasteiger partial charge in [0.1, 0.15) is 5.69 Å². The van der Waals surface area contributed by atoms with E-state index >= 15 is 0 Å². The van der Waals surface area contributed by atoms with Crippen LogP contribution in [0.1, 0.15) is 54.9 Å². The van der Waals surface area contributed by atoms with Crippen molar-refractivity contribution < 1.29 is 9.72 Å². The number of amides is 1. The molecule has 1 saturated heterocycles. The molecule has 7 nitrogen and oxygen atoms in total. The minimum atomic E-state index is -0.482. The molecule has 3 rings (SSSR count). The van der Waals surface area contributed by atoms with Gasteiger partial charge >= 0.3 is 0 Å². The van der Waals surface area contributed by atoms with Crippen LogP contribution in [0.4, 0.5) is 17.1 Å². The van der Waals surface area contributed by atoms with Gasteiger partial charge in [-0.25, -0.2) is 0 Å². The van der Waals surface area contributed by atoms with Gasteiger partial charge in [-0.05, 0) is 61.2 Å². The smallest absolute Gasteiger partial charge is 0.293 e. The lowest BCUT2D eigenvalue weighted by molar-refractivity contribution is -0.384. The average molecular weight is 427 g/mol. The second-order valence-corrected chi connectivity index (χ2v) is 7.87. The van der Waals surface area contributed by atoms with E-state index in [4.69, 9.17) is 12.2 Å². The largest absolute Gasteiger partial charge is 0.366 e. The summed E-state index contributed by atoms with van der Waals surface area (Å²) < 4.78 is 0. The van der Waals surface area contributed by atoms with Gasteiger partial charge in [-0.15, -0.1) is 0 Å². The van der Waals surface area contributed by atoms with E-state index in [1.165, 1.54) is 6.07 Å². The quantitative estimate of drug-likeness (QED) is 0.391. The lowest BCUT2D eigenvalue weighted by Gasteiger charge is -2.18. The molecule has 1 fully saturated rings. The summed E-state index contributed by atoms with van der Waals surface area (Å²) in [5, 5.41) is 17.4. The van der Waals surface area contributed by atoms with Gasteiger partial charge in [0.2, 0.25) is 0 Å². The van der Waals surface area contributed by atoms with E-state index in [1.54, 1.807) is 12.1 Å². The molecule has 1 atom stereocenters. The summed E-state index contributed by atoms with van der Waals surface area (Å²) in [6, 6.07) is 12.4. The van der Waals surface area contributed by atoms with Gasteiger partial charge in [0.25, 0.3) is 11.6 Å². The highest BCUT2D eigenvalue weighted by molar-refractivity contribution is 7.80. The summed E-state index contributed by atoms with van der Waals surface area (Å²) in [6.07, 6.45) is 3.00. The van der Waals surface area contributed by atoms with Gasteiger partial charge in [-0.1, -0.05) is 32.0 Å². The maximum atomic E-state index is 12.7. The van der Waals surface area contributed by atoms with E-state index < -0.39 is 10.8 Å². The molecule has 0 unspecified atom stereocenters. The van der Waals surface area contributed by atoms with Crippen molar-refractivity contribution in [2.75, 3.05) is 23.3 Å². The minimum absolute atomic E-state index is 0.0643. The third-order valence-electron chi connectivity index (χ3n) is 5.46. The van der Waals surface area contributed by atoms with E-state index in [0.717, 1.165) is 43.6 Å². The predicted molar refractivity (Wildman–Crippen MR) is 123 cm³/mol. The zero-order chi connectivity index (χ0) is 21.7. The fraction of sp³-hybridized carbons (Fsp3) is 0.364. The van der Waals surface area contributed by atoms with E-state index in [0.29, 0.717) is 11.6 Å². The summed E-state index contributed by atoms with van der Waals surface area (Å²) in [5.41, 5.74) is 2.64. The number of nitro benzene ring substituents is 1. The van der Waals surface area contributed by atoms with Crippen LogP contribution in [0.3, 0.4) is 0 Å². The second-order valence-electron chi connectivity index (χ2n) is 7.46. The van der Waals surface area contributed by atoms with Crippen molar-refractivity contribution in [3.63, 3.8) is 0 Å². The first-order valence-corrected chi connectivity index (χ1v) is 10.6. The number of hydrogen-bond acceptors (Lipinski definition) is 5. The lowest BCUT2D eigenvalue weighted by Crippen LogP contribution is -2.34. The van der Waals surface area contributed by atoms with E-state index in [-0.39, 0.29) is 16.4 Å². The van der Waals surface area contributed by atoms with Crippen molar-refractivity contribution in [1.29, 1.82) is 0 Å². The van der Waals surface area contributed by atoms with Gasteiger partial charge in [0.05, 0.1) is 4.92 Å². The Kier molecular flexibility index (Phi) is 6.99. The number of thiocarbonyl (C=S) groups is 1. The maximum absolute atomic E-state index is 12.7. The zero-order valence-corrected chi connectivity index (χ0v) is 18.0. The molecular weight excluding hydrogens is 400 g/mol. The summed E-state index contributed by atoms with van der Waals surface area (Å²) in [5.74, 6) is -0.141. The van der Waals surface area contributed by atoms with Crippen molar-refractivity contribution >= 4 is 40.3 Å². The van der Waals surface area contributed by atoms with Crippen LogP contribution in [0, 0.1) is 10.1 Å². The normalized spacial score (nSPS) is 14.3. The Bertz CT molecular complexity index is 957. The average Bonchev–Trinajstić information content (AvgIpc) is 3.27. The minimum Gasteiger partial charge on any atom is -0.366 e. The fourth-order valence-electron chi connectivity index (χ4n) is 3.63. The first-order valence-electron chi connectivity index (χ1n) is 10.1. The predicted octanol–water partition coefficient (Wildman–Crippen LogP) is 4.84. The van der Waals surface area contributed by atoms with Gasteiger partial charge in [-0.2, -0.15) is 0 Å². The van der Waals surface area contributed by atoms with Crippen molar-refractivity contribution in [1.82, 2.24) is 5.32 Å². The van der Waals surface area contributed by atoms with Crippen molar-refractivity contribution in [2.45, 2.75) is 39.0 Å². The third kappa shape index (κ3) is 4.94. The van der Waals surface area contributed by atoms with Crippen LogP contribution >= 0.6 is 12.2 Å². The summed E-state index contributed by atoms with van der Waals surface area (Å²) in [7, 11) is 0. The zero-order valence-electron chi connectivity index (χ0n) is 17.2. The number of carbonyl (C=O) groups excluding carboxylic acids is 1. The van der Waals surface area contributed by atoms with Gasteiger partial charge in [0.15, 0.2) is 5.11 Å². The second kappa shape index (κ2) is 9.67. The van der Waals surface area contributed by atoms with Crippen LogP contribution < -0.4 is 15.5 Å². The molecule has 1 aliphatic rings. The Labute approximate surface area is 181 Å². The van der Waals surface area contributed by atoms with Crippen molar-refractivity contribution in [3.8, 4) is 0 Å². The Morgan fingerprint density at radius 1 is 1.23 bits per heavy atom. The summed E-state index contributed by atoms with van der Waals surface area (Å²) in [4.78, 5) is 25.8. The number of carbonyl (C=O) groups is 1. The van der Waals surface area contributed by atoms with Gasteiger partial charge in [0, 0.05) is 30.4 Å². The number of hydrogen-bond donors (Lipinski definition) is 2. The molecule has 158 valence electrons. The Balaban J connectivity index is 1.74. The fourth-order valence-corrected chi connectivity index (χ4v) is 3.83. The lowest BCUT2D eigenvalue weighted by atomic mass is 9.97. The van der Waals surface area contributed by atoms with Gasteiger partial charge < -0.3 is 10.2 Å². The number of rotatable bonds is 6. The number of nitrogens with zero attached hydrogens (tertiary/aromatic N) is 2.